The Bertz CT molecular complexity index is 1630. The molecule has 2 fully saturated rings. The maximum absolute atomic E-state index is 11.9. The normalized spacial score (nSPS) is 25.2. The molecule has 0 aliphatic carbocycles. The molecule has 2 aliphatic rings. The number of rotatable bonds is 19. The van der Waals surface area contributed by atoms with Gasteiger partial charge >= 0.3 is 35.9 Å². The highest BCUT2D eigenvalue weighted by molar-refractivity contribution is 5.74. The van der Waals surface area contributed by atoms with Gasteiger partial charge in [0.25, 0.3) is 0 Å². The van der Waals surface area contributed by atoms with E-state index in [1.165, 1.54) is 48.5 Å². The molecule has 20 nitrogen and oxygen atoms in total. The Balaban J connectivity index is 0.000000474. The molecule has 62 heavy (non-hydrogen) atoms. The summed E-state index contributed by atoms with van der Waals surface area (Å²) in [7, 11) is 0. The highest BCUT2D eigenvalue weighted by Crippen LogP contribution is 2.31. The summed E-state index contributed by atoms with van der Waals surface area (Å²) in [6.07, 6.45) is -2.08. The maximum atomic E-state index is 11.9. The van der Waals surface area contributed by atoms with Crippen LogP contribution >= 0.6 is 0 Å². The number of hydrogen-bond donors (Lipinski definition) is 3. The lowest BCUT2D eigenvalue weighted by atomic mass is 9.89. The quantitative estimate of drug-likeness (QED) is 0.103. The van der Waals surface area contributed by atoms with E-state index in [9.17, 15) is 38.4 Å². The summed E-state index contributed by atoms with van der Waals surface area (Å²) in [5, 5.41) is 8.10. The second kappa shape index (κ2) is 27.6. The van der Waals surface area contributed by atoms with Crippen LogP contribution in [0.4, 0.5) is 4.79 Å². The Morgan fingerprint density at radius 3 is 1.50 bits per heavy atom. The van der Waals surface area contributed by atoms with E-state index < -0.39 is 96.8 Å². The Morgan fingerprint density at radius 2 is 1.03 bits per heavy atom. The van der Waals surface area contributed by atoms with Gasteiger partial charge in [0, 0.05) is 73.5 Å². The molecular weight excluding hydrogens is 818 g/mol. The van der Waals surface area contributed by atoms with Crippen molar-refractivity contribution < 1.29 is 81.0 Å². The third-order valence-electron chi connectivity index (χ3n) is 9.48. The van der Waals surface area contributed by atoms with Gasteiger partial charge in [-0.25, -0.2) is 4.79 Å². The van der Waals surface area contributed by atoms with Crippen LogP contribution < -0.4 is 16.0 Å². The summed E-state index contributed by atoms with van der Waals surface area (Å²) < 4.78 is 48.8. The zero-order chi connectivity index (χ0) is 46.4. The maximum Gasteiger partial charge on any atom is 0.407 e. The van der Waals surface area contributed by atoms with Crippen LogP contribution in [-0.2, 0) is 82.8 Å². The van der Waals surface area contributed by atoms with Crippen molar-refractivity contribution in [1.82, 2.24) is 16.0 Å². The van der Waals surface area contributed by atoms with E-state index in [0.717, 1.165) is 24.8 Å². The Morgan fingerprint density at radius 1 is 0.565 bits per heavy atom. The number of nitrogens with one attached hydrogen (secondary N) is 3. The molecule has 10 atom stereocenters. The monoisotopic (exact) mass is 881 g/mol. The third-order valence-corrected chi connectivity index (χ3v) is 9.48. The van der Waals surface area contributed by atoms with Gasteiger partial charge in [0.15, 0.2) is 6.29 Å². The van der Waals surface area contributed by atoms with Crippen molar-refractivity contribution in [3.05, 3.63) is 35.9 Å². The van der Waals surface area contributed by atoms with E-state index in [0.29, 0.717) is 19.6 Å². The Kier molecular flexibility index (Phi) is 23.5. The van der Waals surface area contributed by atoms with E-state index in [-0.39, 0.29) is 31.6 Å². The van der Waals surface area contributed by atoms with Crippen LogP contribution in [0.2, 0.25) is 0 Å². The summed E-state index contributed by atoms with van der Waals surface area (Å²) in [5.41, 5.74) is 0.927. The highest BCUT2D eigenvalue weighted by atomic mass is 16.7. The molecule has 0 saturated carbocycles. The highest BCUT2D eigenvalue weighted by Gasteiger charge is 2.49. The molecule has 20 heteroatoms. The molecule has 2 heterocycles. The van der Waals surface area contributed by atoms with Gasteiger partial charge in [0.2, 0.25) is 18.1 Å². The molecule has 2 aliphatic heterocycles. The molecule has 0 unspecified atom stereocenters. The van der Waals surface area contributed by atoms with Crippen LogP contribution in [0.1, 0.15) is 93.6 Å². The molecule has 1 aromatic carbocycles. The average molecular weight is 882 g/mol. The number of carbonyl (C=O) groups excluding carboxylic acids is 8. The number of amides is 3. The number of ether oxygens (including phenoxy) is 9. The lowest BCUT2D eigenvalue weighted by Gasteiger charge is -2.44. The Labute approximate surface area is 362 Å². The van der Waals surface area contributed by atoms with Crippen LogP contribution in [0.5, 0.6) is 0 Å². The van der Waals surface area contributed by atoms with Crippen LogP contribution in [0, 0.1) is 11.8 Å². The first-order valence-electron chi connectivity index (χ1n) is 20.5. The van der Waals surface area contributed by atoms with Crippen LogP contribution in [0.15, 0.2) is 30.3 Å². The molecule has 3 rings (SSSR count). The summed E-state index contributed by atoms with van der Waals surface area (Å²) in [5.74, 6) is -4.13. The van der Waals surface area contributed by atoms with Gasteiger partial charge in [-0.2, -0.15) is 0 Å². The molecule has 348 valence electrons. The summed E-state index contributed by atoms with van der Waals surface area (Å²) in [6.45, 7) is 13.4. The van der Waals surface area contributed by atoms with Gasteiger partial charge in [-0.05, 0) is 18.4 Å². The number of unbranched alkanes of at least 4 members (excludes halogenated alkanes) is 3. The third kappa shape index (κ3) is 20.0. The van der Waals surface area contributed by atoms with E-state index in [1.807, 2.05) is 30.3 Å². The fourth-order valence-electron chi connectivity index (χ4n) is 6.60. The van der Waals surface area contributed by atoms with Crippen molar-refractivity contribution >= 4 is 47.8 Å². The van der Waals surface area contributed by atoms with Gasteiger partial charge in [-0.3, -0.25) is 33.6 Å². The van der Waals surface area contributed by atoms with E-state index >= 15 is 0 Å². The van der Waals surface area contributed by atoms with Crippen molar-refractivity contribution in [3.8, 4) is 0 Å². The molecule has 3 N–H and O–H groups in total. The van der Waals surface area contributed by atoms with E-state index in [4.69, 9.17) is 42.6 Å². The molecule has 0 radical (unpaired) electrons. The van der Waals surface area contributed by atoms with E-state index in [1.54, 1.807) is 13.8 Å². The van der Waals surface area contributed by atoms with Crippen LogP contribution in [-0.4, -0.2) is 123 Å². The molecule has 2 saturated heterocycles. The predicted octanol–water partition coefficient (Wildman–Crippen LogP) is 2.76. The van der Waals surface area contributed by atoms with Crippen LogP contribution in [0.25, 0.3) is 0 Å². The molecule has 0 bridgehead atoms. The largest absolute Gasteiger partial charge is 0.463 e. The molecule has 0 spiro atoms. The fraction of sp³-hybridized carbons (Fsp3) is 0.667. The van der Waals surface area contributed by atoms with Gasteiger partial charge in [-0.1, -0.05) is 57.0 Å². The zero-order valence-corrected chi connectivity index (χ0v) is 37.0. The van der Waals surface area contributed by atoms with Crippen molar-refractivity contribution in [2.45, 2.75) is 144 Å². The standard InChI is InChI=1S/C27H40N2O9.C15H23NO8/c1-18-23(17-35-20(3)31)38-26(24(29-19(2)30)25(18)37-21(4)32)34-15-11-6-5-10-14-28-27(33)36-16-22-12-8-7-9-13-22;1-7-12(6-21-9(3)18)24-15(23-11(5)20)13(16-8(2)17)14(7)22-10(4)19/h7-9,12-13,18,23-26H,5-6,10-11,14-17H2,1-4H3,(H,28,33)(H,29,30);7,12-15H,6H2,1-5H3,(H,16,17)/t18-,23+,24+,25-,26+;7-,12+,13+,14-,15+/m00/s1. The van der Waals surface area contributed by atoms with E-state index in [2.05, 4.69) is 16.0 Å². The minimum atomic E-state index is -1.17. The predicted molar refractivity (Wildman–Crippen MR) is 216 cm³/mol. The topological polar surface area (TPSA) is 256 Å². The SMILES string of the molecule is CC(=O)N[C@H]1[C@H](OC(C)=O)O[C@H](COC(C)=O)[C@H](C)[C@@H]1OC(C)=O.CC(=O)N[C@H]1[C@H](OCCCCCCNC(=O)OCc2ccccc2)O[C@H](COC(C)=O)[C@H](C)[C@@H]1OC(C)=O. The summed E-state index contributed by atoms with van der Waals surface area (Å²) in [6, 6.07) is 7.87. The lowest BCUT2D eigenvalue weighted by Crippen LogP contribution is -2.63. The number of benzene rings is 1. The van der Waals surface area contributed by atoms with Crippen molar-refractivity contribution in [1.29, 1.82) is 0 Å². The molecular formula is C42H63N3O17. The minimum absolute atomic E-state index is 0.0261. The number of esters is 5. The van der Waals surface area contributed by atoms with Crippen molar-refractivity contribution in [2.75, 3.05) is 26.4 Å². The summed E-state index contributed by atoms with van der Waals surface area (Å²) >= 11 is 0. The smallest absolute Gasteiger partial charge is 0.407 e. The zero-order valence-electron chi connectivity index (χ0n) is 37.0. The number of hydrogen-bond acceptors (Lipinski definition) is 17. The van der Waals surface area contributed by atoms with Gasteiger partial charge in [0.1, 0.15) is 56.3 Å². The lowest BCUT2D eigenvalue weighted by molar-refractivity contribution is -0.260. The first-order valence-corrected chi connectivity index (χ1v) is 20.5. The van der Waals surface area contributed by atoms with Gasteiger partial charge in [-0.15, -0.1) is 0 Å². The van der Waals surface area contributed by atoms with Crippen molar-refractivity contribution in [3.63, 3.8) is 0 Å². The van der Waals surface area contributed by atoms with Crippen LogP contribution in [0.3, 0.4) is 0 Å². The van der Waals surface area contributed by atoms with Gasteiger partial charge < -0.3 is 58.6 Å². The number of carbonyl (C=O) groups is 8. The second-order valence-electron chi connectivity index (χ2n) is 14.9. The van der Waals surface area contributed by atoms with Crippen molar-refractivity contribution in [2.24, 2.45) is 11.8 Å². The minimum Gasteiger partial charge on any atom is -0.463 e. The molecule has 0 aromatic heterocycles. The fourth-order valence-corrected chi connectivity index (χ4v) is 6.60. The first kappa shape index (κ1) is 52.8. The number of alkyl carbamates (subject to hydrolysis) is 1. The second-order valence-corrected chi connectivity index (χ2v) is 14.9. The first-order chi connectivity index (χ1) is 29.3. The van der Waals surface area contributed by atoms with Gasteiger partial charge in [0.05, 0.1) is 0 Å². The Hall–Kier alpha value is -5.34. The summed E-state index contributed by atoms with van der Waals surface area (Å²) in [4.78, 5) is 92.0. The average Bonchev–Trinajstić information content (AvgIpc) is 3.18. The molecule has 1 aromatic rings. The molecule has 3 amide bonds.